The number of carbonyl (C=O) groups excluding carboxylic acids is 1. The molecular weight excluding hydrogens is 432 g/mol. The van der Waals surface area contributed by atoms with E-state index >= 15 is 0 Å². The Labute approximate surface area is 200 Å². The van der Waals surface area contributed by atoms with Crippen LogP contribution >= 0.6 is 0 Å². The van der Waals surface area contributed by atoms with Gasteiger partial charge < -0.3 is 24.1 Å². The van der Waals surface area contributed by atoms with Crippen molar-refractivity contribution in [3.05, 3.63) is 70.6 Å². The molecule has 7 heteroatoms. The molecule has 34 heavy (non-hydrogen) atoms. The van der Waals surface area contributed by atoms with E-state index in [2.05, 4.69) is 24.3 Å². The molecule has 0 fully saturated rings. The molecule has 2 heterocycles. The largest absolute Gasteiger partial charge is 0.490 e. The van der Waals surface area contributed by atoms with Crippen LogP contribution in [0.1, 0.15) is 54.5 Å². The topological polar surface area (TPSA) is 82.8 Å². The maximum absolute atomic E-state index is 12.9. The molecule has 1 amide bonds. The van der Waals surface area contributed by atoms with Gasteiger partial charge in [-0.3, -0.25) is 4.79 Å². The van der Waals surface area contributed by atoms with E-state index in [4.69, 9.17) is 18.7 Å². The van der Waals surface area contributed by atoms with Gasteiger partial charge in [-0.05, 0) is 55.2 Å². The van der Waals surface area contributed by atoms with Crippen molar-refractivity contribution in [2.24, 2.45) is 5.92 Å². The number of nitrogens with zero attached hydrogens (tertiary/aromatic N) is 1. The molecule has 0 bridgehead atoms. The second kappa shape index (κ2) is 10.6. The number of benzene rings is 2. The summed E-state index contributed by atoms with van der Waals surface area (Å²) >= 11 is 0. The lowest BCUT2D eigenvalue weighted by molar-refractivity contribution is -0.121. The zero-order valence-electron chi connectivity index (χ0n) is 20.2. The third-order valence-electron chi connectivity index (χ3n) is 5.97. The van der Waals surface area contributed by atoms with Crippen LogP contribution in [0, 0.1) is 19.8 Å². The molecule has 0 saturated carbocycles. The number of hydrogen-bond acceptors (Lipinski definition) is 6. The molecule has 0 spiro atoms. The highest BCUT2D eigenvalue weighted by atomic mass is 16.5. The Bertz CT molecular complexity index is 1100. The molecule has 0 saturated heterocycles. The van der Waals surface area contributed by atoms with Crippen molar-refractivity contribution in [3.8, 4) is 17.2 Å². The monoisotopic (exact) mass is 464 g/mol. The maximum atomic E-state index is 12.9. The predicted octanol–water partition coefficient (Wildman–Crippen LogP) is 5.09. The fraction of sp³-hybridized carbons (Fsp3) is 0.407. The van der Waals surface area contributed by atoms with Gasteiger partial charge in [0.05, 0.1) is 36.9 Å². The van der Waals surface area contributed by atoms with Crippen LogP contribution < -0.4 is 19.5 Å². The van der Waals surface area contributed by atoms with Crippen molar-refractivity contribution in [2.45, 2.75) is 53.2 Å². The highest BCUT2D eigenvalue weighted by Crippen LogP contribution is 2.34. The Hall–Kier alpha value is -3.48. The average molecular weight is 465 g/mol. The molecule has 3 aromatic rings. The fourth-order valence-corrected chi connectivity index (χ4v) is 3.99. The van der Waals surface area contributed by atoms with Gasteiger partial charge >= 0.3 is 0 Å². The first-order valence-corrected chi connectivity index (χ1v) is 11.7. The minimum absolute atomic E-state index is 0.0322. The number of amides is 1. The van der Waals surface area contributed by atoms with Crippen LogP contribution in [0.4, 0.5) is 0 Å². The number of fused-ring (bicyclic) bond motifs is 1. The molecule has 7 nitrogen and oxygen atoms in total. The Morgan fingerprint density at radius 3 is 2.47 bits per heavy atom. The number of ether oxygens (including phenoxy) is 3. The molecule has 1 N–H and O–H groups in total. The normalized spacial score (nSPS) is 13.9. The van der Waals surface area contributed by atoms with Gasteiger partial charge in [-0.15, -0.1) is 0 Å². The number of rotatable bonds is 8. The van der Waals surface area contributed by atoms with E-state index in [1.807, 2.05) is 56.3 Å². The van der Waals surface area contributed by atoms with E-state index in [1.54, 1.807) is 0 Å². The van der Waals surface area contributed by atoms with Gasteiger partial charge in [0, 0.05) is 6.42 Å². The SMILES string of the molecule is Cc1noc(C)c1COc1ccc(CC(=O)N[C@H](c2ccc3c(c2)OCCCO3)C(C)C)cc1. The van der Waals surface area contributed by atoms with Gasteiger partial charge in [-0.1, -0.05) is 37.2 Å². The minimum Gasteiger partial charge on any atom is -0.490 e. The summed E-state index contributed by atoms with van der Waals surface area (Å²) in [6, 6.07) is 13.4. The quantitative estimate of drug-likeness (QED) is 0.500. The molecule has 180 valence electrons. The van der Waals surface area contributed by atoms with Crippen molar-refractivity contribution in [2.75, 3.05) is 13.2 Å². The number of hydrogen-bond donors (Lipinski definition) is 1. The molecule has 1 aliphatic rings. The number of aromatic nitrogens is 1. The highest BCUT2D eigenvalue weighted by molar-refractivity contribution is 5.79. The summed E-state index contributed by atoms with van der Waals surface area (Å²) in [5, 5.41) is 7.14. The van der Waals surface area contributed by atoms with Gasteiger partial charge in [0.25, 0.3) is 0 Å². The fourth-order valence-electron chi connectivity index (χ4n) is 3.99. The van der Waals surface area contributed by atoms with E-state index in [9.17, 15) is 4.79 Å². The first-order chi connectivity index (χ1) is 16.4. The Morgan fingerprint density at radius 1 is 1.06 bits per heavy atom. The molecule has 4 rings (SSSR count). The second-order valence-electron chi connectivity index (χ2n) is 8.96. The first-order valence-electron chi connectivity index (χ1n) is 11.7. The summed E-state index contributed by atoms with van der Waals surface area (Å²) in [7, 11) is 0. The van der Waals surface area contributed by atoms with E-state index < -0.39 is 0 Å². The van der Waals surface area contributed by atoms with Crippen LogP contribution in [0.5, 0.6) is 17.2 Å². The van der Waals surface area contributed by atoms with Crippen molar-refractivity contribution >= 4 is 5.91 Å². The predicted molar refractivity (Wildman–Crippen MR) is 128 cm³/mol. The molecule has 0 unspecified atom stereocenters. The van der Waals surface area contributed by atoms with Crippen molar-refractivity contribution < 1.29 is 23.5 Å². The van der Waals surface area contributed by atoms with Gasteiger partial charge in [0.1, 0.15) is 18.1 Å². The summed E-state index contributed by atoms with van der Waals surface area (Å²) in [5.41, 5.74) is 3.72. The summed E-state index contributed by atoms with van der Waals surface area (Å²) in [4.78, 5) is 12.9. The second-order valence-corrected chi connectivity index (χ2v) is 8.96. The summed E-state index contributed by atoms with van der Waals surface area (Å²) in [5.74, 6) is 3.17. The summed E-state index contributed by atoms with van der Waals surface area (Å²) in [6.45, 7) is 9.64. The standard InChI is InChI=1S/C27H32N2O5/c1-17(2)27(21-8-11-24-25(15-21)32-13-5-12-31-24)28-26(30)14-20-6-9-22(10-7-20)33-16-23-18(3)29-34-19(23)4/h6-11,15,17,27H,5,12-14,16H2,1-4H3,(H,28,30)/t27-/m0/s1. The lowest BCUT2D eigenvalue weighted by Crippen LogP contribution is -2.32. The van der Waals surface area contributed by atoms with Crippen molar-refractivity contribution in [3.63, 3.8) is 0 Å². The lowest BCUT2D eigenvalue weighted by atomic mass is 9.95. The third-order valence-corrected chi connectivity index (χ3v) is 5.97. The van der Waals surface area contributed by atoms with E-state index in [1.165, 1.54) is 0 Å². The highest BCUT2D eigenvalue weighted by Gasteiger charge is 2.21. The Balaban J connectivity index is 1.36. The van der Waals surface area contributed by atoms with Gasteiger partial charge in [0.15, 0.2) is 11.5 Å². The summed E-state index contributed by atoms with van der Waals surface area (Å²) < 4.78 is 22.6. The minimum atomic E-state index is -0.123. The van der Waals surface area contributed by atoms with Crippen LogP contribution in [0.15, 0.2) is 47.0 Å². The first kappa shape index (κ1) is 23.7. The number of aryl methyl sites for hydroxylation is 2. The van der Waals surface area contributed by atoms with Crippen molar-refractivity contribution in [1.29, 1.82) is 0 Å². The number of nitrogens with one attached hydrogen (secondary N) is 1. The average Bonchev–Trinajstić information content (AvgIpc) is 3.00. The van der Waals surface area contributed by atoms with Crippen molar-refractivity contribution in [1.82, 2.24) is 10.5 Å². The van der Waals surface area contributed by atoms with Crippen LogP contribution in [-0.2, 0) is 17.8 Å². The lowest BCUT2D eigenvalue weighted by Gasteiger charge is -2.24. The van der Waals surface area contributed by atoms with Crippen LogP contribution in [0.2, 0.25) is 0 Å². The molecule has 0 radical (unpaired) electrons. The van der Waals surface area contributed by atoms with Crippen LogP contribution in [-0.4, -0.2) is 24.3 Å². The Kier molecular flexibility index (Phi) is 7.40. The van der Waals surface area contributed by atoms with E-state index in [-0.39, 0.29) is 24.3 Å². The zero-order chi connectivity index (χ0) is 24.1. The third kappa shape index (κ3) is 5.71. The van der Waals surface area contributed by atoms with Gasteiger partial charge in [-0.2, -0.15) is 0 Å². The van der Waals surface area contributed by atoms with Crippen LogP contribution in [0.3, 0.4) is 0 Å². The van der Waals surface area contributed by atoms with E-state index in [0.717, 1.165) is 51.8 Å². The molecule has 1 atom stereocenters. The molecular formula is C27H32N2O5. The van der Waals surface area contributed by atoms with Gasteiger partial charge in [-0.25, -0.2) is 0 Å². The zero-order valence-corrected chi connectivity index (χ0v) is 20.2. The van der Waals surface area contributed by atoms with E-state index in [0.29, 0.717) is 19.8 Å². The molecule has 1 aromatic heterocycles. The smallest absolute Gasteiger partial charge is 0.224 e. The maximum Gasteiger partial charge on any atom is 0.224 e. The Morgan fingerprint density at radius 2 is 1.79 bits per heavy atom. The van der Waals surface area contributed by atoms with Gasteiger partial charge in [0.2, 0.25) is 5.91 Å². The summed E-state index contributed by atoms with van der Waals surface area (Å²) in [6.07, 6.45) is 1.15. The molecule has 2 aromatic carbocycles. The van der Waals surface area contributed by atoms with Crippen LogP contribution in [0.25, 0.3) is 0 Å². The molecule has 1 aliphatic heterocycles. The molecule has 0 aliphatic carbocycles. The number of carbonyl (C=O) groups is 1.